The van der Waals surface area contributed by atoms with Gasteiger partial charge in [-0.05, 0) is 48.4 Å². The molecule has 0 aliphatic carbocycles. The number of hydrogen-bond donors (Lipinski definition) is 9. The Morgan fingerprint density at radius 2 is 1.19 bits per heavy atom. The Kier molecular flexibility index (Phi) is 15.3. The lowest BCUT2D eigenvalue weighted by Crippen LogP contribution is -2.59. The third-order valence-electron chi connectivity index (χ3n) is 7.06. The van der Waals surface area contributed by atoms with Gasteiger partial charge in [-0.15, -0.1) is 0 Å². The van der Waals surface area contributed by atoms with E-state index < -0.39 is 85.2 Å². The molecular weight excluding hydrogens is 614 g/mol. The third kappa shape index (κ3) is 13.5. The minimum Gasteiger partial charge on any atom is -0.508 e. The van der Waals surface area contributed by atoms with E-state index in [1.54, 1.807) is 44.2 Å². The van der Waals surface area contributed by atoms with Crippen molar-refractivity contribution in [3.05, 3.63) is 65.7 Å². The summed E-state index contributed by atoms with van der Waals surface area (Å²) < 4.78 is 0. The maximum absolute atomic E-state index is 13.6. The number of carbonyl (C=O) groups is 6. The van der Waals surface area contributed by atoms with Crippen LogP contribution in [0.1, 0.15) is 44.2 Å². The molecule has 0 bridgehead atoms. The standard InChI is InChI=1S/C32H43N5O10/c1-18(2)14-25(32(46)47)36-29(43)23(12-13-27(40)41)34-30(44)24(16-20-8-10-21(39)11-9-20)35-31(45)26(17-38)37-28(42)22(33)15-19-6-4-3-5-7-19/h3-11,18,22-26,38-39H,12-17,33H2,1-2H3,(H,34,44)(H,35,45)(H,36,43)(H,37,42)(H,40,41)(H,46,47). The first-order valence-corrected chi connectivity index (χ1v) is 15.0. The molecule has 0 fully saturated rings. The van der Waals surface area contributed by atoms with E-state index in [4.69, 9.17) is 5.73 Å². The highest BCUT2D eigenvalue weighted by Crippen LogP contribution is 2.13. The van der Waals surface area contributed by atoms with Crippen molar-refractivity contribution in [3.8, 4) is 5.75 Å². The summed E-state index contributed by atoms with van der Waals surface area (Å²) >= 11 is 0. The molecule has 10 N–H and O–H groups in total. The van der Waals surface area contributed by atoms with Crippen LogP contribution in [0.25, 0.3) is 0 Å². The number of aromatic hydroxyl groups is 1. The van der Waals surface area contributed by atoms with Crippen LogP contribution in [0.15, 0.2) is 54.6 Å². The van der Waals surface area contributed by atoms with Crippen LogP contribution in [0, 0.1) is 5.92 Å². The predicted octanol–water partition coefficient (Wildman–Crippen LogP) is -0.568. The molecular formula is C32H43N5O10. The van der Waals surface area contributed by atoms with Crippen LogP contribution < -0.4 is 27.0 Å². The summed E-state index contributed by atoms with van der Waals surface area (Å²) in [5.74, 6) is -6.31. The van der Waals surface area contributed by atoms with Gasteiger partial charge in [-0.1, -0.05) is 56.3 Å². The van der Waals surface area contributed by atoms with Gasteiger partial charge in [0, 0.05) is 12.8 Å². The first kappa shape index (κ1) is 38.2. The van der Waals surface area contributed by atoms with Gasteiger partial charge >= 0.3 is 11.9 Å². The van der Waals surface area contributed by atoms with Crippen molar-refractivity contribution in [1.29, 1.82) is 0 Å². The lowest BCUT2D eigenvalue weighted by Gasteiger charge is -2.26. The molecule has 15 heteroatoms. The van der Waals surface area contributed by atoms with Crippen LogP contribution >= 0.6 is 0 Å². The number of phenols is 1. The number of hydrogen-bond acceptors (Lipinski definition) is 9. The maximum Gasteiger partial charge on any atom is 0.326 e. The van der Waals surface area contributed by atoms with E-state index in [9.17, 15) is 49.2 Å². The topological polar surface area (TPSA) is 257 Å². The summed E-state index contributed by atoms with van der Waals surface area (Å²) in [5.41, 5.74) is 7.24. The van der Waals surface area contributed by atoms with Crippen molar-refractivity contribution in [2.45, 2.75) is 76.2 Å². The SMILES string of the molecule is CC(C)CC(NC(=O)C(CCC(=O)O)NC(=O)C(Cc1ccc(O)cc1)NC(=O)C(CO)NC(=O)C(N)Cc1ccccc1)C(=O)O. The average Bonchev–Trinajstić information content (AvgIpc) is 3.01. The summed E-state index contributed by atoms with van der Waals surface area (Å²) in [4.78, 5) is 75.7. The minimum atomic E-state index is -1.52. The lowest BCUT2D eigenvalue weighted by atomic mass is 10.0. The van der Waals surface area contributed by atoms with Crippen molar-refractivity contribution >= 4 is 35.6 Å². The molecule has 0 aliphatic heterocycles. The van der Waals surface area contributed by atoms with E-state index in [1.807, 2.05) is 0 Å². The Labute approximate surface area is 271 Å². The van der Waals surface area contributed by atoms with Crippen molar-refractivity contribution in [1.82, 2.24) is 21.3 Å². The number of carboxylic acid groups (broad SMARTS) is 2. The van der Waals surface area contributed by atoms with Crippen molar-refractivity contribution in [2.24, 2.45) is 11.7 Å². The summed E-state index contributed by atoms with van der Waals surface area (Å²) in [5, 5.41) is 47.9. The van der Waals surface area contributed by atoms with Gasteiger partial charge in [-0.25, -0.2) is 4.79 Å². The maximum atomic E-state index is 13.6. The van der Waals surface area contributed by atoms with Crippen LogP contribution in [-0.2, 0) is 41.6 Å². The number of phenolic OH excluding ortho intramolecular Hbond substituents is 1. The minimum absolute atomic E-state index is 0.0616. The molecule has 0 radical (unpaired) electrons. The normalized spacial score (nSPS) is 14.1. The second-order valence-electron chi connectivity index (χ2n) is 11.5. The van der Waals surface area contributed by atoms with E-state index in [0.29, 0.717) is 5.56 Å². The van der Waals surface area contributed by atoms with Crippen LogP contribution in [0.3, 0.4) is 0 Å². The molecule has 0 saturated heterocycles. The van der Waals surface area contributed by atoms with E-state index in [2.05, 4.69) is 21.3 Å². The van der Waals surface area contributed by atoms with Crippen molar-refractivity contribution in [2.75, 3.05) is 6.61 Å². The van der Waals surface area contributed by atoms with Crippen molar-refractivity contribution < 1.29 is 49.2 Å². The van der Waals surface area contributed by atoms with Gasteiger partial charge in [-0.2, -0.15) is 0 Å². The number of aliphatic carboxylic acids is 2. The number of carbonyl (C=O) groups excluding carboxylic acids is 4. The lowest BCUT2D eigenvalue weighted by molar-refractivity contribution is -0.143. The van der Waals surface area contributed by atoms with Gasteiger partial charge in [0.15, 0.2) is 0 Å². The largest absolute Gasteiger partial charge is 0.508 e. The quantitative estimate of drug-likeness (QED) is 0.0924. The number of carboxylic acids is 2. The second kappa shape index (κ2) is 18.8. The molecule has 256 valence electrons. The highest BCUT2D eigenvalue weighted by atomic mass is 16.4. The number of aliphatic hydroxyl groups excluding tert-OH is 1. The first-order valence-electron chi connectivity index (χ1n) is 15.0. The number of aliphatic hydroxyl groups is 1. The van der Waals surface area contributed by atoms with Gasteiger partial charge in [-0.3, -0.25) is 24.0 Å². The Bertz CT molecular complexity index is 1370. The molecule has 0 aromatic heterocycles. The van der Waals surface area contributed by atoms with Gasteiger partial charge in [0.05, 0.1) is 12.6 Å². The van der Waals surface area contributed by atoms with E-state index in [1.165, 1.54) is 24.3 Å². The molecule has 5 unspecified atom stereocenters. The highest BCUT2D eigenvalue weighted by Gasteiger charge is 2.32. The molecule has 2 rings (SSSR count). The van der Waals surface area contributed by atoms with Gasteiger partial charge in [0.2, 0.25) is 23.6 Å². The summed E-state index contributed by atoms with van der Waals surface area (Å²) in [6.07, 6.45) is -0.899. The highest BCUT2D eigenvalue weighted by molar-refractivity contribution is 5.95. The molecule has 2 aromatic rings. The van der Waals surface area contributed by atoms with Crippen LogP contribution in [0.2, 0.25) is 0 Å². The number of rotatable bonds is 19. The zero-order valence-electron chi connectivity index (χ0n) is 26.2. The Morgan fingerprint density at radius 1 is 0.681 bits per heavy atom. The number of amides is 4. The smallest absolute Gasteiger partial charge is 0.326 e. The second-order valence-corrected chi connectivity index (χ2v) is 11.5. The van der Waals surface area contributed by atoms with E-state index >= 15 is 0 Å². The van der Waals surface area contributed by atoms with Crippen molar-refractivity contribution in [3.63, 3.8) is 0 Å². The molecule has 47 heavy (non-hydrogen) atoms. The van der Waals surface area contributed by atoms with Crippen LogP contribution in [0.4, 0.5) is 0 Å². The molecule has 4 amide bonds. The van der Waals surface area contributed by atoms with E-state index in [0.717, 1.165) is 5.56 Å². The molecule has 15 nitrogen and oxygen atoms in total. The molecule has 2 aromatic carbocycles. The monoisotopic (exact) mass is 657 g/mol. The fourth-order valence-electron chi connectivity index (χ4n) is 4.56. The third-order valence-corrected chi connectivity index (χ3v) is 7.06. The summed E-state index contributed by atoms with van der Waals surface area (Å²) in [7, 11) is 0. The molecule has 0 saturated carbocycles. The average molecular weight is 658 g/mol. The summed E-state index contributed by atoms with van der Waals surface area (Å²) in [6, 6.07) is 7.74. The Balaban J connectivity index is 2.26. The van der Waals surface area contributed by atoms with Gasteiger partial charge in [0.25, 0.3) is 0 Å². The Hall–Kier alpha value is -5.02. The zero-order valence-corrected chi connectivity index (χ0v) is 26.2. The predicted molar refractivity (Wildman–Crippen MR) is 169 cm³/mol. The molecule has 0 heterocycles. The first-order chi connectivity index (χ1) is 22.2. The molecule has 5 atom stereocenters. The summed E-state index contributed by atoms with van der Waals surface area (Å²) in [6.45, 7) is 2.65. The Morgan fingerprint density at radius 3 is 1.74 bits per heavy atom. The zero-order chi connectivity index (χ0) is 35.1. The number of nitrogens with one attached hydrogen (secondary N) is 4. The fraction of sp³-hybridized carbons (Fsp3) is 0.438. The van der Waals surface area contributed by atoms with Crippen LogP contribution in [-0.4, -0.2) is 92.8 Å². The number of nitrogens with two attached hydrogens (primary N) is 1. The fourth-order valence-corrected chi connectivity index (χ4v) is 4.56. The van der Waals surface area contributed by atoms with Gasteiger partial charge < -0.3 is 47.4 Å². The van der Waals surface area contributed by atoms with E-state index in [-0.39, 0.29) is 30.9 Å². The molecule has 0 spiro atoms. The number of benzene rings is 2. The molecule has 0 aliphatic rings. The van der Waals surface area contributed by atoms with Crippen LogP contribution in [0.5, 0.6) is 5.75 Å². The van der Waals surface area contributed by atoms with Gasteiger partial charge in [0.1, 0.15) is 29.9 Å².